The van der Waals surface area contributed by atoms with Crippen LogP contribution in [-0.2, 0) is 0 Å². The first kappa shape index (κ1) is 22.0. The number of aromatic nitrogens is 1. The number of aliphatic imine (C=N–C) groups is 2. The molecule has 3 rings (SSSR count). The number of urea groups is 1. The monoisotopic (exact) mass is 430 g/mol. The molecule has 0 unspecified atom stereocenters. The number of pyridine rings is 1. The summed E-state index contributed by atoms with van der Waals surface area (Å²) in [5, 5.41) is 2.54. The maximum atomic E-state index is 14.5. The molecular weight excluding hydrogens is 409 g/mol. The van der Waals surface area contributed by atoms with E-state index >= 15 is 0 Å². The highest BCUT2D eigenvalue weighted by Gasteiger charge is 2.51. The van der Waals surface area contributed by atoms with Gasteiger partial charge in [0.15, 0.2) is 11.7 Å². The van der Waals surface area contributed by atoms with Crippen molar-refractivity contribution in [3.05, 3.63) is 54.5 Å². The molecule has 10 heteroatoms. The summed E-state index contributed by atoms with van der Waals surface area (Å²) in [4.78, 5) is 24.9. The molecule has 1 saturated heterocycles. The summed E-state index contributed by atoms with van der Waals surface area (Å²) in [7, 11) is 0. The first-order valence-corrected chi connectivity index (χ1v) is 9.38. The Morgan fingerprint density at radius 1 is 1.29 bits per heavy atom. The Morgan fingerprint density at radius 3 is 2.58 bits per heavy atom. The standard InChI is InChI=1S/C21H21F3N6O/c1-3-10-27-19(26-2)21(23,24)14-11-30(12-14)20(31)29-18-16(25)8-9-17(28-18)13-4-6-15(22)7-5-13/h3-10,14H,2,11-12,25H2,1H3,(H,28,29,31)/b10-3-,27-19-. The molecule has 1 fully saturated rings. The second-order valence-corrected chi connectivity index (χ2v) is 6.89. The van der Waals surface area contributed by atoms with Crippen LogP contribution in [0.4, 0.5) is 29.5 Å². The van der Waals surface area contributed by atoms with Crippen LogP contribution in [0.2, 0.25) is 0 Å². The highest BCUT2D eigenvalue weighted by molar-refractivity contribution is 5.95. The Morgan fingerprint density at radius 2 is 1.97 bits per heavy atom. The minimum atomic E-state index is -3.32. The molecule has 3 N–H and O–H groups in total. The number of nitrogen functional groups attached to an aromatic ring is 1. The van der Waals surface area contributed by atoms with E-state index in [0.29, 0.717) is 11.3 Å². The van der Waals surface area contributed by atoms with Crippen LogP contribution in [-0.4, -0.2) is 47.5 Å². The summed E-state index contributed by atoms with van der Waals surface area (Å²) in [5.41, 5.74) is 7.19. The number of halogens is 3. The minimum Gasteiger partial charge on any atom is -0.396 e. The van der Waals surface area contributed by atoms with E-state index in [1.165, 1.54) is 29.3 Å². The van der Waals surface area contributed by atoms with Crippen LogP contribution >= 0.6 is 0 Å². The van der Waals surface area contributed by atoms with Crippen molar-refractivity contribution in [1.82, 2.24) is 9.88 Å². The molecule has 2 amide bonds. The van der Waals surface area contributed by atoms with Crippen molar-refractivity contribution >= 4 is 30.1 Å². The van der Waals surface area contributed by atoms with Crippen LogP contribution in [0.1, 0.15) is 6.92 Å². The number of nitrogens with zero attached hydrogens (tertiary/aromatic N) is 4. The molecule has 1 aliphatic rings. The Kier molecular flexibility index (Phi) is 6.38. The number of rotatable bonds is 5. The van der Waals surface area contributed by atoms with Crippen molar-refractivity contribution in [2.24, 2.45) is 15.9 Å². The van der Waals surface area contributed by atoms with Gasteiger partial charge in [-0.25, -0.2) is 24.2 Å². The maximum absolute atomic E-state index is 14.5. The Balaban J connectivity index is 1.67. The number of carbonyl (C=O) groups excluding carboxylic acids is 1. The predicted octanol–water partition coefficient (Wildman–Crippen LogP) is 4.20. The maximum Gasteiger partial charge on any atom is 0.323 e. The fraction of sp³-hybridized carbons (Fsp3) is 0.238. The number of amidine groups is 1. The molecule has 31 heavy (non-hydrogen) atoms. The van der Waals surface area contributed by atoms with Crippen LogP contribution < -0.4 is 11.1 Å². The fourth-order valence-electron chi connectivity index (χ4n) is 2.97. The van der Waals surface area contributed by atoms with Gasteiger partial charge in [-0.05, 0) is 50.0 Å². The van der Waals surface area contributed by atoms with Crippen molar-refractivity contribution in [2.75, 3.05) is 24.1 Å². The van der Waals surface area contributed by atoms with Crippen LogP contribution in [0.25, 0.3) is 11.3 Å². The first-order chi connectivity index (χ1) is 14.8. The van der Waals surface area contributed by atoms with Crippen molar-refractivity contribution in [1.29, 1.82) is 0 Å². The number of nitrogens with two attached hydrogens (primary N) is 1. The third-order valence-corrected chi connectivity index (χ3v) is 4.77. The third-order valence-electron chi connectivity index (χ3n) is 4.77. The number of likely N-dealkylation sites (tertiary alicyclic amines) is 1. The normalized spacial score (nSPS) is 15.1. The average Bonchev–Trinajstić information content (AvgIpc) is 2.69. The molecule has 0 saturated carbocycles. The molecular formula is C21H21F3N6O. The van der Waals surface area contributed by atoms with Crippen molar-refractivity contribution in [2.45, 2.75) is 12.8 Å². The van der Waals surface area contributed by atoms with Gasteiger partial charge in [0, 0.05) is 24.9 Å². The number of carbonyl (C=O) groups is 1. The summed E-state index contributed by atoms with van der Waals surface area (Å²) in [6.45, 7) is 4.40. The second kappa shape index (κ2) is 8.99. The number of amides is 2. The van der Waals surface area contributed by atoms with Crippen molar-refractivity contribution < 1.29 is 18.0 Å². The lowest BCUT2D eigenvalue weighted by molar-refractivity contribution is -0.0498. The molecule has 2 aromatic rings. The first-order valence-electron chi connectivity index (χ1n) is 9.38. The molecule has 0 radical (unpaired) electrons. The van der Waals surface area contributed by atoms with Gasteiger partial charge in [0.25, 0.3) is 0 Å². The van der Waals surface area contributed by atoms with Gasteiger partial charge in [0.1, 0.15) is 5.82 Å². The van der Waals surface area contributed by atoms with Gasteiger partial charge >= 0.3 is 12.0 Å². The van der Waals surface area contributed by atoms with E-state index in [1.807, 2.05) is 0 Å². The number of nitrogens with one attached hydrogen (secondary N) is 1. The van der Waals surface area contributed by atoms with E-state index < -0.39 is 23.7 Å². The smallest absolute Gasteiger partial charge is 0.323 e. The molecule has 1 aromatic carbocycles. The van der Waals surface area contributed by atoms with E-state index in [2.05, 4.69) is 27.0 Å². The molecule has 2 heterocycles. The lowest BCUT2D eigenvalue weighted by Crippen LogP contribution is -2.59. The summed E-state index contributed by atoms with van der Waals surface area (Å²) >= 11 is 0. The zero-order chi connectivity index (χ0) is 22.6. The lowest BCUT2D eigenvalue weighted by atomic mass is 9.92. The highest BCUT2D eigenvalue weighted by atomic mass is 19.3. The zero-order valence-electron chi connectivity index (χ0n) is 16.7. The Bertz CT molecular complexity index is 1030. The third kappa shape index (κ3) is 4.73. The van der Waals surface area contributed by atoms with Gasteiger partial charge in [0.05, 0.1) is 17.3 Å². The summed E-state index contributed by atoms with van der Waals surface area (Å²) in [6.07, 6.45) is 2.71. The van der Waals surface area contributed by atoms with Crippen molar-refractivity contribution in [3.63, 3.8) is 0 Å². The molecule has 0 aliphatic carbocycles. The van der Waals surface area contributed by atoms with E-state index in [0.717, 1.165) is 0 Å². The minimum absolute atomic E-state index is 0.0881. The van der Waals surface area contributed by atoms with Crippen molar-refractivity contribution in [3.8, 4) is 11.3 Å². The highest BCUT2D eigenvalue weighted by Crippen LogP contribution is 2.35. The predicted molar refractivity (Wildman–Crippen MR) is 115 cm³/mol. The number of alkyl halides is 2. The fourth-order valence-corrected chi connectivity index (χ4v) is 2.97. The quantitative estimate of drug-likeness (QED) is 0.550. The Labute approximate surface area is 177 Å². The topological polar surface area (TPSA) is 96.0 Å². The molecule has 0 atom stereocenters. The van der Waals surface area contributed by atoms with E-state index in [1.54, 1.807) is 31.2 Å². The SMILES string of the molecule is C=N/C(=N\C=C/C)C(F)(F)C1CN(C(=O)Nc2nc(-c3ccc(F)cc3)ccc2N)C1. The average molecular weight is 430 g/mol. The van der Waals surface area contributed by atoms with E-state index in [9.17, 15) is 18.0 Å². The number of allylic oxidation sites excluding steroid dienone is 1. The second-order valence-electron chi connectivity index (χ2n) is 6.89. The van der Waals surface area contributed by atoms with Crippen LogP contribution in [0.5, 0.6) is 0 Å². The van der Waals surface area contributed by atoms with Gasteiger partial charge in [-0.3, -0.25) is 5.32 Å². The van der Waals surface area contributed by atoms with E-state index in [-0.39, 0.29) is 30.4 Å². The summed E-state index contributed by atoms with van der Waals surface area (Å²) in [6, 6.07) is 8.24. The van der Waals surface area contributed by atoms with Crippen LogP contribution in [0.3, 0.4) is 0 Å². The zero-order valence-corrected chi connectivity index (χ0v) is 16.7. The molecule has 162 valence electrons. The number of anilines is 2. The van der Waals surface area contributed by atoms with Gasteiger partial charge in [-0.2, -0.15) is 8.78 Å². The molecule has 0 spiro atoms. The van der Waals surface area contributed by atoms with Gasteiger partial charge in [-0.15, -0.1) is 0 Å². The summed E-state index contributed by atoms with van der Waals surface area (Å²) in [5.74, 6) is -5.44. The van der Waals surface area contributed by atoms with Gasteiger partial charge in [-0.1, -0.05) is 6.08 Å². The van der Waals surface area contributed by atoms with E-state index in [4.69, 9.17) is 5.73 Å². The molecule has 7 nitrogen and oxygen atoms in total. The van der Waals surface area contributed by atoms with Crippen LogP contribution in [0, 0.1) is 11.7 Å². The van der Waals surface area contributed by atoms with Gasteiger partial charge < -0.3 is 10.6 Å². The molecule has 0 bridgehead atoms. The number of hydrogen-bond donors (Lipinski definition) is 2. The van der Waals surface area contributed by atoms with Crippen LogP contribution in [0.15, 0.2) is 58.7 Å². The molecule has 1 aliphatic heterocycles. The Hall–Kier alpha value is -3.69. The largest absolute Gasteiger partial charge is 0.396 e. The number of hydrogen-bond acceptors (Lipinski definition) is 4. The molecule has 1 aromatic heterocycles. The lowest BCUT2D eigenvalue weighted by Gasteiger charge is -2.42. The van der Waals surface area contributed by atoms with Gasteiger partial charge in [0.2, 0.25) is 0 Å². The summed E-state index contributed by atoms with van der Waals surface area (Å²) < 4.78 is 42.2. The number of benzene rings is 1.